The normalized spacial score (nSPS) is 14.5. The standard InChI is InChI=1S/C43H38O/c1-41(2,3)28-17-21-30(22-18-28)43(31-23-19-29(20-24-31)42(4,5)6)36-15-8-7-13-32(36)34-26-39-35(25-37(34)43)33-14-9-11-27-12-10-16-38(44-39)40(27)33/h7-26H,1-6H3. The molecule has 1 heterocycles. The highest BCUT2D eigenvalue weighted by Gasteiger charge is 2.47. The zero-order chi connectivity index (χ0) is 30.4. The monoisotopic (exact) mass is 570 g/mol. The van der Waals surface area contributed by atoms with Gasteiger partial charge >= 0.3 is 0 Å². The van der Waals surface area contributed by atoms with Gasteiger partial charge in [0.2, 0.25) is 0 Å². The molecule has 6 aromatic carbocycles. The van der Waals surface area contributed by atoms with E-state index in [2.05, 4.69) is 163 Å². The molecule has 1 heteroatoms. The molecule has 1 aliphatic carbocycles. The zero-order valence-corrected chi connectivity index (χ0v) is 26.5. The molecule has 1 nitrogen and oxygen atoms in total. The molecule has 0 saturated heterocycles. The molecule has 0 aromatic heterocycles. The van der Waals surface area contributed by atoms with Gasteiger partial charge in [-0.1, -0.05) is 145 Å². The maximum absolute atomic E-state index is 6.68. The first-order chi connectivity index (χ1) is 21.1. The first-order valence-electron chi connectivity index (χ1n) is 15.8. The van der Waals surface area contributed by atoms with Crippen molar-refractivity contribution in [2.75, 3.05) is 0 Å². The highest BCUT2D eigenvalue weighted by molar-refractivity contribution is 6.05. The van der Waals surface area contributed by atoms with E-state index in [0.717, 1.165) is 17.1 Å². The lowest BCUT2D eigenvalue weighted by atomic mass is 9.66. The van der Waals surface area contributed by atoms with Crippen LogP contribution in [0.15, 0.2) is 121 Å². The molecule has 1 aliphatic heterocycles. The second kappa shape index (κ2) is 9.19. The van der Waals surface area contributed by atoms with Crippen LogP contribution in [0.5, 0.6) is 11.5 Å². The van der Waals surface area contributed by atoms with Crippen LogP contribution in [0.4, 0.5) is 0 Å². The summed E-state index contributed by atoms with van der Waals surface area (Å²) in [4.78, 5) is 0. The molecule has 0 unspecified atom stereocenters. The lowest BCUT2D eigenvalue weighted by Gasteiger charge is -2.35. The highest BCUT2D eigenvalue weighted by atomic mass is 16.5. The second-order valence-corrected chi connectivity index (χ2v) is 14.6. The van der Waals surface area contributed by atoms with Crippen molar-refractivity contribution in [3.8, 4) is 33.8 Å². The third-order valence-electron chi connectivity index (χ3n) is 9.89. The Balaban J connectivity index is 1.47. The number of hydrogen-bond acceptors (Lipinski definition) is 1. The Morgan fingerprint density at radius 2 is 1.02 bits per heavy atom. The molecule has 0 fully saturated rings. The van der Waals surface area contributed by atoms with Crippen LogP contribution in [0.1, 0.15) is 74.9 Å². The van der Waals surface area contributed by atoms with E-state index in [4.69, 9.17) is 4.74 Å². The molecule has 0 saturated carbocycles. The molecule has 0 radical (unpaired) electrons. The van der Waals surface area contributed by atoms with Gasteiger partial charge in [0.05, 0.1) is 5.41 Å². The van der Waals surface area contributed by atoms with E-state index >= 15 is 0 Å². The van der Waals surface area contributed by atoms with Crippen LogP contribution < -0.4 is 4.74 Å². The van der Waals surface area contributed by atoms with Crippen LogP contribution in [0.3, 0.4) is 0 Å². The summed E-state index contributed by atoms with van der Waals surface area (Å²) in [6, 6.07) is 45.5. The van der Waals surface area contributed by atoms with Crippen LogP contribution in [0.25, 0.3) is 33.0 Å². The summed E-state index contributed by atoms with van der Waals surface area (Å²) in [5.74, 6) is 1.85. The van der Waals surface area contributed by atoms with Crippen LogP contribution in [0.2, 0.25) is 0 Å². The molecule has 216 valence electrons. The maximum atomic E-state index is 6.68. The van der Waals surface area contributed by atoms with E-state index in [9.17, 15) is 0 Å². The fraction of sp³-hybridized carbons (Fsp3) is 0.209. The number of benzene rings is 6. The van der Waals surface area contributed by atoms with E-state index in [1.165, 1.54) is 60.8 Å². The third kappa shape index (κ3) is 3.78. The van der Waals surface area contributed by atoms with Gasteiger partial charge in [0.25, 0.3) is 0 Å². The van der Waals surface area contributed by atoms with Gasteiger partial charge in [0, 0.05) is 10.9 Å². The Morgan fingerprint density at radius 1 is 0.455 bits per heavy atom. The van der Waals surface area contributed by atoms with Crippen molar-refractivity contribution >= 4 is 10.8 Å². The summed E-state index contributed by atoms with van der Waals surface area (Å²) >= 11 is 0. The fourth-order valence-corrected chi connectivity index (χ4v) is 7.56. The van der Waals surface area contributed by atoms with Crippen LogP contribution >= 0.6 is 0 Å². The van der Waals surface area contributed by atoms with Gasteiger partial charge in [-0.15, -0.1) is 0 Å². The van der Waals surface area contributed by atoms with Gasteiger partial charge in [-0.3, -0.25) is 0 Å². The summed E-state index contributed by atoms with van der Waals surface area (Å²) in [6.07, 6.45) is 0. The van der Waals surface area contributed by atoms with Crippen molar-refractivity contribution in [2.24, 2.45) is 0 Å². The summed E-state index contributed by atoms with van der Waals surface area (Å²) in [6.45, 7) is 13.7. The first kappa shape index (κ1) is 27.0. The maximum Gasteiger partial charge on any atom is 0.135 e. The number of ether oxygens (including phenoxy) is 1. The minimum atomic E-state index is -0.474. The zero-order valence-electron chi connectivity index (χ0n) is 26.5. The minimum Gasteiger partial charge on any atom is -0.456 e. The van der Waals surface area contributed by atoms with Crippen LogP contribution in [0, 0.1) is 0 Å². The smallest absolute Gasteiger partial charge is 0.135 e. The Morgan fingerprint density at radius 3 is 1.64 bits per heavy atom. The van der Waals surface area contributed by atoms with Crippen molar-refractivity contribution < 1.29 is 4.74 Å². The molecule has 0 N–H and O–H groups in total. The van der Waals surface area contributed by atoms with Gasteiger partial charge in [0.15, 0.2) is 0 Å². The molecule has 0 spiro atoms. The van der Waals surface area contributed by atoms with Crippen LogP contribution in [-0.4, -0.2) is 0 Å². The summed E-state index contributed by atoms with van der Waals surface area (Å²) in [7, 11) is 0. The number of fused-ring (bicyclic) bond motifs is 5. The second-order valence-electron chi connectivity index (χ2n) is 14.6. The Labute approximate surface area is 261 Å². The van der Waals surface area contributed by atoms with Crippen molar-refractivity contribution in [1.29, 1.82) is 0 Å². The molecular weight excluding hydrogens is 532 g/mol. The topological polar surface area (TPSA) is 9.23 Å². The first-order valence-corrected chi connectivity index (χ1v) is 15.8. The molecule has 0 bridgehead atoms. The van der Waals surface area contributed by atoms with Gasteiger partial charge < -0.3 is 4.74 Å². The largest absolute Gasteiger partial charge is 0.456 e. The summed E-state index contributed by atoms with van der Waals surface area (Å²) in [5, 5.41) is 2.39. The lowest BCUT2D eigenvalue weighted by Crippen LogP contribution is -2.29. The van der Waals surface area contributed by atoms with E-state index in [-0.39, 0.29) is 10.8 Å². The molecule has 8 rings (SSSR count). The highest BCUT2D eigenvalue weighted by Crippen LogP contribution is 2.59. The Hall–Kier alpha value is -4.62. The molecular formula is C43H38O. The SMILES string of the molecule is CC(C)(C)c1ccc(C2(c3ccc(C(C)(C)C)cc3)c3ccccc3-c3cc4c(cc32)-c2cccc3cccc(c23)O4)cc1. The van der Waals surface area contributed by atoms with E-state index < -0.39 is 5.41 Å². The molecule has 6 aromatic rings. The third-order valence-corrected chi connectivity index (χ3v) is 9.89. The van der Waals surface area contributed by atoms with Gasteiger partial charge in [-0.05, 0) is 84.5 Å². The van der Waals surface area contributed by atoms with E-state index in [1.807, 2.05) is 0 Å². The van der Waals surface area contributed by atoms with Gasteiger partial charge in [-0.25, -0.2) is 0 Å². The molecule has 0 amide bonds. The molecule has 2 aliphatic rings. The van der Waals surface area contributed by atoms with Crippen molar-refractivity contribution in [2.45, 2.75) is 57.8 Å². The predicted octanol–water partition coefficient (Wildman–Crippen LogP) is 11.6. The Kier molecular flexibility index (Phi) is 5.63. The molecule has 44 heavy (non-hydrogen) atoms. The van der Waals surface area contributed by atoms with E-state index in [0.29, 0.717) is 0 Å². The quantitative estimate of drug-likeness (QED) is 0.201. The minimum absolute atomic E-state index is 0.0774. The average molecular weight is 571 g/mol. The van der Waals surface area contributed by atoms with E-state index in [1.54, 1.807) is 0 Å². The van der Waals surface area contributed by atoms with Gasteiger partial charge in [-0.2, -0.15) is 0 Å². The fourth-order valence-electron chi connectivity index (χ4n) is 7.56. The lowest BCUT2D eigenvalue weighted by molar-refractivity contribution is 0.487. The summed E-state index contributed by atoms with van der Waals surface area (Å²) < 4.78 is 6.68. The summed E-state index contributed by atoms with van der Waals surface area (Å²) in [5.41, 5.74) is 12.5. The van der Waals surface area contributed by atoms with Crippen molar-refractivity contribution in [1.82, 2.24) is 0 Å². The van der Waals surface area contributed by atoms with Gasteiger partial charge in [0.1, 0.15) is 11.5 Å². The van der Waals surface area contributed by atoms with Crippen molar-refractivity contribution in [3.05, 3.63) is 155 Å². The molecule has 0 atom stereocenters. The van der Waals surface area contributed by atoms with Crippen LogP contribution in [-0.2, 0) is 16.2 Å². The number of hydrogen-bond donors (Lipinski definition) is 0. The number of rotatable bonds is 2. The average Bonchev–Trinajstić information content (AvgIpc) is 3.30. The Bertz CT molecular complexity index is 2020. The van der Waals surface area contributed by atoms with Crippen molar-refractivity contribution in [3.63, 3.8) is 0 Å². The predicted molar refractivity (Wildman–Crippen MR) is 184 cm³/mol.